The minimum Gasteiger partial charge on any atom is -0.356 e. The van der Waals surface area contributed by atoms with Crippen LogP contribution in [0.4, 0.5) is 0 Å². The molecule has 0 fully saturated rings. The fourth-order valence-corrected chi connectivity index (χ4v) is 3.47. The summed E-state index contributed by atoms with van der Waals surface area (Å²) < 4.78 is 37.9. The number of aromatic nitrogens is 3. The highest BCUT2D eigenvalue weighted by Gasteiger charge is 2.20. The van der Waals surface area contributed by atoms with Crippen LogP contribution in [0.15, 0.2) is 44.4 Å². The Morgan fingerprint density at radius 3 is 2.64 bits per heavy atom. The van der Waals surface area contributed by atoms with E-state index in [1.807, 2.05) is 13.8 Å². The Morgan fingerprint density at radius 2 is 2.00 bits per heavy atom. The molecule has 9 heteroatoms. The van der Waals surface area contributed by atoms with Crippen molar-refractivity contribution in [1.29, 1.82) is 0 Å². The molecule has 0 saturated carbocycles. The summed E-state index contributed by atoms with van der Waals surface area (Å²) in [5.74, 6) is 1.34. The molecule has 0 saturated heterocycles. The number of nitrogens with zero attached hydrogens (tertiary/aromatic N) is 3. The first-order valence-electron chi connectivity index (χ1n) is 7.70. The van der Waals surface area contributed by atoms with Crippen LogP contribution >= 0.6 is 0 Å². The van der Waals surface area contributed by atoms with Crippen LogP contribution in [0.25, 0.3) is 11.3 Å². The van der Waals surface area contributed by atoms with Crippen molar-refractivity contribution in [2.45, 2.75) is 38.1 Å². The molecule has 2 heterocycles. The van der Waals surface area contributed by atoms with Crippen molar-refractivity contribution in [2.75, 3.05) is 0 Å². The summed E-state index contributed by atoms with van der Waals surface area (Å²) in [4.78, 5) is 4.32. The highest BCUT2D eigenvalue weighted by atomic mass is 32.2. The van der Waals surface area contributed by atoms with Gasteiger partial charge in [0.05, 0.1) is 17.6 Å². The number of hydrogen-bond acceptors (Lipinski definition) is 7. The van der Waals surface area contributed by atoms with Gasteiger partial charge in [0.2, 0.25) is 15.9 Å². The summed E-state index contributed by atoms with van der Waals surface area (Å²) in [5.41, 5.74) is 1.25. The molecule has 132 valence electrons. The van der Waals surface area contributed by atoms with Gasteiger partial charge in [-0.1, -0.05) is 36.3 Å². The highest BCUT2D eigenvalue weighted by molar-refractivity contribution is 7.89. The summed E-state index contributed by atoms with van der Waals surface area (Å²) in [7, 11) is -3.75. The van der Waals surface area contributed by atoms with Crippen LogP contribution in [-0.4, -0.2) is 23.7 Å². The molecule has 2 aromatic heterocycles. The largest absolute Gasteiger partial charge is 0.356 e. The lowest BCUT2D eigenvalue weighted by Crippen LogP contribution is -2.24. The number of rotatable bonds is 6. The van der Waals surface area contributed by atoms with Crippen molar-refractivity contribution in [3.8, 4) is 11.3 Å². The van der Waals surface area contributed by atoms with Crippen LogP contribution in [0.3, 0.4) is 0 Å². The third kappa shape index (κ3) is 3.77. The van der Waals surface area contributed by atoms with E-state index in [1.54, 1.807) is 31.2 Å². The quantitative estimate of drug-likeness (QED) is 0.717. The Bertz CT molecular complexity index is 962. The lowest BCUT2D eigenvalue weighted by Gasteiger charge is -2.09. The Balaban J connectivity index is 1.82. The first-order chi connectivity index (χ1) is 11.9. The van der Waals surface area contributed by atoms with Gasteiger partial charge in [-0.25, -0.2) is 13.1 Å². The van der Waals surface area contributed by atoms with Gasteiger partial charge in [0.15, 0.2) is 11.6 Å². The van der Waals surface area contributed by atoms with Crippen molar-refractivity contribution < 1.29 is 17.5 Å². The van der Waals surface area contributed by atoms with E-state index in [-0.39, 0.29) is 23.2 Å². The molecular weight excluding hydrogens is 344 g/mol. The molecule has 0 spiro atoms. The van der Waals surface area contributed by atoms with E-state index < -0.39 is 10.0 Å². The number of benzene rings is 1. The third-order valence-electron chi connectivity index (χ3n) is 3.60. The van der Waals surface area contributed by atoms with Crippen molar-refractivity contribution in [3.05, 3.63) is 47.7 Å². The van der Waals surface area contributed by atoms with E-state index in [1.165, 1.54) is 6.20 Å². The second kappa shape index (κ2) is 6.77. The maximum absolute atomic E-state index is 12.6. The molecule has 0 aliphatic rings. The SMILES string of the molecule is Cc1ccc(-c2ccno2)cc1S(=O)(=O)NCc1noc(C(C)C)n1. The molecule has 25 heavy (non-hydrogen) atoms. The van der Waals surface area contributed by atoms with Crippen LogP contribution in [0.1, 0.15) is 37.0 Å². The number of sulfonamides is 1. The molecule has 0 aliphatic heterocycles. The normalized spacial score (nSPS) is 12.0. The second-order valence-corrected chi connectivity index (χ2v) is 7.62. The van der Waals surface area contributed by atoms with Crippen molar-refractivity contribution >= 4 is 10.0 Å². The second-order valence-electron chi connectivity index (χ2n) is 5.89. The molecule has 1 aromatic carbocycles. The molecule has 8 nitrogen and oxygen atoms in total. The Morgan fingerprint density at radius 1 is 1.20 bits per heavy atom. The molecule has 0 aliphatic carbocycles. The van der Waals surface area contributed by atoms with Crippen LogP contribution in [0.2, 0.25) is 0 Å². The van der Waals surface area contributed by atoms with Gasteiger partial charge in [-0.2, -0.15) is 4.98 Å². The first kappa shape index (κ1) is 17.3. The van der Waals surface area contributed by atoms with Gasteiger partial charge in [-0.05, 0) is 18.6 Å². The van der Waals surface area contributed by atoms with E-state index >= 15 is 0 Å². The standard InChI is InChI=1S/C16H18N4O4S/c1-10(2)16-19-15(20-24-16)9-18-25(21,22)14-8-12(5-4-11(14)3)13-6-7-17-23-13/h4-8,10,18H,9H2,1-3H3. The van der Waals surface area contributed by atoms with Gasteiger partial charge in [-0.15, -0.1) is 0 Å². The summed E-state index contributed by atoms with van der Waals surface area (Å²) in [5, 5.41) is 7.42. The molecule has 3 aromatic rings. The number of nitrogens with one attached hydrogen (secondary N) is 1. The Labute approximate surface area is 145 Å². The van der Waals surface area contributed by atoms with Gasteiger partial charge >= 0.3 is 0 Å². The average molecular weight is 362 g/mol. The first-order valence-corrected chi connectivity index (χ1v) is 9.19. The third-order valence-corrected chi connectivity index (χ3v) is 5.14. The summed E-state index contributed by atoms with van der Waals surface area (Å²) >= 11 is 0. The Hall–Kier alpha value is -2.52. The summed E-state index contributed by atoms with van der Waals surface area (Å²) in [6.45, 7) is 5.51. The molecule has 0 atom stereocenters. The maximum atomic E-state index is 12.6. The van der Waals surface area contributed by atoms with Gasteiger partial charge < -0.3 is 9.05 Å². The van der Waals surface area contributed by atoms with Gasteiger partial charge in [0.1, 0.15) is 0 Å². The number of aryl methyl sites for hydroxylation is 1. The zero-order chi connectivity index (χ0) is 18.0. The summed E-state index contributed by atoms with van der Waals surface area (Å²) in [6.07, 6.45) is 1.50. The van der Waals surface area contributed by atoms with Crippen molar-refractivity contribution in [2.24, 2.45) is 0 Å². The van der Waals surface area contributed by atoms with Crippen LogP contribution < -0.4 is 4.72 Å². The van der Waals surface area contributed by atoms with Gasteiger partial charge in [0, 0.05) is 17.5 Å². The van der Waals surface area contributed by atoms with Crippen LogP contribution in [0, 0.1) is 6.92 Å². The van der Waals surface area contributed by atoms with E-state index in [4.69, 9.17) is 9.05 Å². The topological polar surface area (TPSA) is 111 Å². The molecule has 0 bridgehead atoms. The van der Waals surface area contributed by atoms with Gasteiger partial charge in [-0.3, -0.25) is 0 Å². The number of hydrogen-bond donors (Lipinski definition) is 1. The molecule has 0 amide bonds. The van der Waals surface area contributed by atoms with Crippen molar-refractivity contribution in [3.63, 3.8) is 0 Å². The fourth-order valence-electron chi connectivity index (χ4n) is 2.22. The monoisotopic (exact) mass is 362 g/mol. The molecule has 1 N–H and O–H groups in total. The van der Waals surface area contributed by atoms with E-state index in [2.05, 4.69) is 20.0 Å². The minimum atomic E-state index is -3.75. The van der Waals surface area contributed by atoms with Crippen molar-refractivity contribution in [1.82, 2.24) is 20.0 Å². The zero-order valence-corrected chi connectivity index (χ0v) is 14.9. The van der Waals surface area contributed by atoms with Gasteiger partial charge in [0.25, 0.3) is 0 Å². The van der Waals surface area contributed by atoms with Crippen LogP contribution in [0.5, 0.6) is 0 Å². The predicted molar refractivity (Wildman–Crippen MR) is 89.1 cm³/mol. The molecule has 3 rings (SSSR count). The average Bonchev–Trinajstić information content (AvgIpc) is 3.25. The molecule has 0 unspecified atom stereocenters. The lowest BCUT2D eigenvalue weighted by molar-refractivity contribution is 0.360. The van der Waals surface area contributed by atoms with E-state index in [0.29, 0.717) is 22.8 Å². The summed E-state index contributed by atoms with van der Waals surface area (Å²) in [6, 6.07) is 6.72. The van der Waals surface area contributed by atoms with Crippen LogP contribution in [-0.2, 0) is 16.6 Å². The smallest absolute Gasteiger partial charge is 0.241 e. The molecular formula is C16H18N4O4S. The predicted octanol–water partition coefficient (Wildman–Crippen LogP) is 2.63. The fraction of sp³-hybridized carbons (Fsp3) is 0.312. The van der Waals surface area contributed by atoms with E-state index in [0.717, 1.165) is 0 Å². The van der Waals surface area contributed by atoms with E-state index in [9.17, 15) is 8.42 Å². The minimum absolute atomic E-state index is 0.0511. The maximum Gasteiger partial charge on any atom is 0.241 e. The zero-order valence-electron chi connectivity index (χ0n) is 14.1. The Kier molecular flexibility index (Phi) is 4.69. The highest BCUT2D eigenvalue weighted by Crippen LogP contribution is 2.25. The molecule has 0 radical (unpaired) electrons. The lowest BCUT2D eigenvalue weighted by atomic mass is 10.1.